The van der Waals surface area contributed by atoms with Crippen LogP contribution in [-0.2, 0) is 39.8 Å². The molecule has 0 aromatic heterocycles. The lowest BCUT2D eigenvalue weighted by Crippen LogP contribution is -2.71. The van der Waals surface area contributed by atoms with Crippen LogP contribution in [-0.4, -0.2) is 63.9 Å². The van der Waals surface area contributed by atoms with Gasteiger partial charge in [0.15, 0.2) is 0 Å². The van der Waals surface area contributed by atoms with Crippen LogP contribution < -0.4 is 0 Å². The summed E-state index contributed by atoms with van der Waals surface area (Å²) < 4.78 is 83.1. The molecule has 1 aliphatic rings. The third kappa shape index (κ3) is 8.37. The van der Waals surface area contributed by atoms with Crippen LogP contribution in [0, 0.1) is 0 Å². The number of carbonyl (C=O) groups is 3. The first-order valence-electron chi connectivity index (χ1n) is 12.6. The van der Waals surface area contributed by atoms with Crippen LogP contribution in [0.2, 0.25) is 0 Å². The minimum Gasteiger partial charge on any atom is -0.444 e. The molecule has 41 heavy (non-hydrogen) atoms. The molecule has 1 aliphatic heterocycles. The Hall–Kier alpha value is -3.77. The van der Waals surface area contributed by atoms with Gasteiger partial charge >= 0.3 is 18.4 Å². The van der Waals surface area contributed by atoms with Gasteiger partial charge in [0.1, 0.15) is 5.60 Å². The number of hydrogen-bond acceptors (Lipinski definition) is 4. The highest BCUT2D eigenvalue weighted by atomic mass is 19.4. The third-order valence-corrected chi connectivity index (χ3v) is 6.44. The lowest BCUT2D eigenvalue weighted by molar-refractivity contribution is -0.149. The van der Waals surface area contributed by atoms with Crippen molar-refractivity contribution in [3.05, 3.63) is 70.8 Å². The van der Waals surface area contributed by atoms with E-state index in [4.69, 9.17) is 4.74 Å². The van der Waals surface area contributed by atoms with Crippen LogP contribution in [0.25, 0.3) is 0 Å². The van der Waals surface area contributed by atoms with Crippen LogP contribution in [0.4, 0.5) is 31.1 Å². The van der Waals surface area contributed by atoms with Crippen LogP contribution >= 0.6 is 0 Å². The van der Waals surface area contributed by atoms with E-state index in [1.54, 1.807) is 27.7 Å². The van der Waals surface area contributed by atoms with Gasteiger partial charge in [-0.3, -0.25) is 9.59 Å². The highest BCUT2D eigenvalue weighted by Crippen LogP contribution is 2.33. The highest BCUT2D eigenvalue weighted by molar-refractivity contribution is 5.81. The van der Waals surface area contributed by atoms with E-state index >= 15 is 0 Å². The molecule has 224 valence electrons. The van der Waals surface area contributed by atoms with E-state index in [-0.39, 0.29) is 26.2 Å². The molecule has 0 saturated carbocycles. The Morgan fingerprint density at radius 3 is 1.68 bits per heavy atom. The fourth-order valence-electron chi connectivity index (χ4n) is 4.39. The number of alkyl halides is 6. The number of halogens is 6. The van der Waals surface area contributed by atoms with Crippen LogP contribution in [0.3, 0.4) is 0 Å². The Kier molecular flexibility index (Phi) is 8.99. The molecule has 0 bridgehead atoms. The average molecular weight is 588 g/mol. The zero-order chi connectivity index (χ0) is 30.8. The smallest absolute Gasteiger partial charge is 0.416 e. The molecule has 0 atom stereocenters. The van der Waals surface area contributed by atoms with E-state index in [1.807, 2.05) is 0 Å². The van der Waals surface area contributed by atoms with E-state index in [1.165, 1.54) is 34.1 Å². The number of amides is 3. The highest BCUT2D eigenvalue weighted by Gasteiger charge is 2.49. The van der Waals surface area contributed by atoms with Crippen molar-refractivity contribution in [2.75, 3.05) is 19.6 Å². The second-order valence-electron chi connectivity index (χ2n) is 11.2. The lowest BCUT2D eigenvalue weighted by atomic mass is 9.89. The second kappa shape index (κ2) is 11.6. The Balaban J connectivity index is 1.79. The molecule has 3 rings (SSSR count). The maximum absolute atomic E-state index is 13.5. The summed E-state index contributed by atoms with van der Waals surface area (Å²) in [4.78, 5) is 41.7. The molecule has 13 heteroatoms. The van der Waals surface area contributed by atoms with Gasteiger partial charge in [-0.15, -0.1) is 0 Å². The van der Waals surface area contributed by atoms with Crippen molar-refractivity contribution < 1.29 is 45.5 Å². The molecule has 2 aromatic rings. The first-order chi connectivity index (χ1) is 18.8. The Morgan fingerprint density at radius 2 is 1.29 bits per heavy atom. The summed E-state index contributed by atoms with van der Waals surface area (Å²) in [6.07, 6.45) is -9.26. The number of benzene rings is 2. The molecule has 0 radical (unpaired) electrons. The number of likely N-dealkylation sites (tertiary alicyclic amines) is 1. The standard InChI is InChI=1S/C28H31F6N3O4/c1-25(2,3)41-24(40)36-16-26(4,17-36)37(14-20-7-11-22(12-8-20)28(32,33)34)23(39)15-35(18-38)13-19-5-9-21(10-6-19)27(29,30)31/h5-12,18H,13-17H2,1-4H3. The van der Waals surface area contributed by atoms with Gasteiger partial charge in [-0.2, -0.15) is 26.3 Å². The largest absolute Gasteiger partial charge is 0.444 e. The minimum absolute atomic E-state index is 0.0777. The number of nitrogens with zero attached hydrogens (tertiary/aromatic N) is 3. The molecule has 3 amide bonds. The summed E-state index contributed by atoms with van der Waals surface area (Å²) in [6.45, 7) is 6.26. The van der Waals surface area contributed by atoms with E-state index < -0.39 is 53.2 Å². The third-order valence-electron chi connectivity index (χ3n) is 6.44. The summed E-state index contributed by atoms with van der Waals surface area (Å²) in [5, 5.41) is 0. The molecule has 0 spiro atoms. The van der Waals surface area contributed by atoms with Crippen molar-refractivity contribution in [1.29, 1.82) is 0 Å². The fourth-order valence-corrected chi connectivity index (χ4v) is 4.39. The number of hydrogen-bond donors (Lipinski definition) is 0. The summed E-state index contributed by atoms with van der Waals surface area (Å²) in [5.41, 5.74) is -2.64. The quantitative estimate of drug-likeness (QED) is 0.293. The van der Waals surface area contributed by atoms with E-state index in [0.717, 1.165) is 29.2 Å². The van der Waals surface area contributed by atoms with Gasteiger partial charge in [-0.05, 0) is 63.1 Å². The maximum Gasteiger partial charge on any atom is 0.416 e. The summed E-state index contributed by atoms with van der Waals surface area (Å²) in [7, 11) is 0. The van der Waals surface area contributed by atoms with E-state index in [9.17, 15) is 40.7 Å². The van der Waals surface area contributed by atoms with Gasteiger partial charge in [-0.1, -0.05) is 24.3 Å². The van der Waals surface area contributed by atoms with Crippen LogP contribution in [0.5, 0.6) is 0 Å². The minimum atomic E-state index is -4.54. The molecule has 0 N–H and O–H groups in total. The molecule has 1 saturated heterocycles. The molecule has 2 aromatic carbocycles. The van der Waals surface area contributed by atoms with Crippen molar-refractivity contribution in [2.45, 2.75) is 64.3 Å². The molecule has 1 fully saturated rings. The molecular weight excluding hydrogens is 556 g/mol. The summed E-state index contributed by atoms with van der Waals surface area (Å²) >= 11 is 0. The average Bonchev–Trinajstić information content (AvgIpc) is 2.83. The molecular formula is C28H31F6N3O4. The van der Waals surface area contributed by atoms with Gasteiger partial charge in [0.25, 0.3) is 0 Å². The predicted molar refractivity (Wildman–Crippen MR) is 136 cm³/mol. The zero-order valence-electron chi connectivity index (χ0n) is 23.0. The number of carbonyl (C=O) groups excluding carboxylic acids is 3. The molecule has 7 nitrogen and oxygen atoms in total. The van der Waals surface area contributed by atoms with E-state index in [2.05, 4.69) is 0 Å². The van der Waals surface area contributed by atoms with Gasteiger partial charge in [0.05, 0.1) is 23.2 Å². The Bertz CT molecular complexity index is 1230. The van der Waals surface area contributed by atoms with Crippen molar-refractivity contribution in [2.24, 2.45) is 0 Å². The topological polar surface area (TPSA) is 70.2 Å². The molecule has 0 unspecified atom stereocenters. The SMILES string of the molecule is CC(C)(C)OC(=O)N1CC(C)(N(Cc2ccc(C(F)(F)F)cc2)C(=O)CN(C=O)Cc2ccc(C(F)(F)F)cc2)C1. The van der Waals surface area contributed by atoms with Crippen LogP contribution in [0.1, 0.15) is 49.9 Å². The monoisotopic (exact) mass is 587 g/mol. The van der Waals surface area contributed by atoms with Crippen molar-refractivity contribution >= 4 is 18.4 Å². The zero-order valence-corrected chi connectivity index (χ0v) is 23.0. The fraction of sp³-hybridized carbons (Fsp3) is 0.464. The molecule has 1 heterocycles. The van der Waals surface area contributed by atoms with Crippen LogP contribution in [0.15, 0.2) is 48.5 Å². The van der Waals surface area contributed by atoms with E-state index in [0.29, 0.717) is 17.5 Å². The number of rotatable bonds is 8. The van der Waals surface area contributed by atoms with Crippen molar-refractivity contribution in [3.63, 3.8) is 0 Å². The van der Waals surface area contributed by atoms with Crippen molar-refractivity contribution in [1.82, 2.24) is 14.7 Å². The Morgan fingerprint density at radius 1 is 0.854 bits per heavy atom. The normalized spacial score (nSPS) is 15.1. The van der Waals surface area contributed by atoms with Gasteiger partial charge in [0.2, 0.25) is 12.3 Å². The summed E-state index contributed by atoms with van der Waals surface area (Å²) in [6, 6.07) is 8.45. The maximum atomic E-state index is 13.5. The molecule has 0 aliphatic carbocycles. The second-order valence-corrected chi connectivity index (χ2v) is 11.2. The van der Waals surface area contributed by atoms with Crippen molar-refractivity contribution in [3.8, 4) is 0 Å². The summed E-state index contributed by atoms with van der Waals surface area (Å²) in [5.74, 6) is -0.560. The van der Waals surface area contributed by atoms with Gasteiger partial charge in [-0.25, -0.2) is 4.79 Å². The first-order valence-corrected chi connectivity index (χ1v) is 12.6. The lowest BCUT2D eigenvalue weighted by Gasteiger charge is -2.53. The Labute approximate surface area is 233 Å². The van der Waals surface area contributed by atoms with Gasteiger partial charge < -0.3 is 19.4 Å². The van der Waals surface area contributed by atoms with Gasteiger partial charge in [0, 0.05) is 26.2 Å². The first kappa shape index (κ1) is 31.8. The predicted octanol–water partition coefficient (Wildman–Crippen LogP) is 5.72. The number of ether oxygens (including phenoxy) is 1.